The molecule has 0 saturated carbocycles. The van der Waals surface area contributed by atoms with E-state index in [1.165, 1.54) is 19.2 Å². The molecule has 0 heterocycles. The number of carbonyl (C=O) groups is 3. The van der Waals surface area contributed by atoms with Crippen LogP contribution in [0.4, 0.5) is 21.9 Å². The summed E-state index contributed by atoms with van der Waals surface area (Å²) in [5.74, 6) is -1.79. The molecule has 0 saturated heterocycles. The maximum atomic E-state index is 12.2. The lowest BCUT2D eigenvalue weighted by Gasteiger charge is -2.11. The van der Waals surface area contributed by atoms with Crippen molar-refractivity contribution in [3.8, 4) is 0 Å². The fourth-order valence-corrected chi connectivity index (χ4v) is 2.44. The first kappa shape index (κ1) is 21.4. The number of hydrogen-bond acceptors (Lipinski definition) is 7. The maximum absolute atomic E-state index is 12.2. The maximum Gasteiger partial charge on any atom is 0.341 e. The molecule has 0 aliphatic rings. The number of imide groups is 1. The molecular formula is C19H20N4O6. The molecule has 0 fully saturated rings. The Balaban J connectivity index is 1.96. The molecule has 0 bridgehead atoms. The van der Waals surface area contributed by atoms with Gasteiger partial charge in [0.1, 0.15) is 0 Å². The largest absolute Gasteiger partial charge is 0.452 e. The monoisotopic (exact) mass is 400 g/mol. The van der Waals surface area contributed by atoms with Crippen molar-refractivity contribution in [1.29, 1.82) is 0 Å². The van der Waals surface area contributed by atoms with Crippen LogP contribution in [-0.4, -0.2) is 36.5 Å². The van der Waals surface area contributed by atoms with E-state index >= 15 is 0 Å². The van der Waals surface area contributed by atoms with Crippen LogP contribution < -0.4 is 16.0 Å². The number of urea groups is 1. The number of anilines is 2. The highest BCUT2D eigenvalue weighted by atomic mass is 16.6. The lowest BCUT2D eigenvalue weighted by molar-refractivity contribution is -0.384. The molecule has 0 aliphatic carbocycles. The highest BCUT2D eigenvalue weighted by molar-refractivity contribution is 6.03. The van der Waals surface area contributed by atoms with E-state index in [2.05, 4.69) is 16.0 Å². The van der Waals surface area contributed by atoms with Crippen LogP contribution in [0.3, 0.4) is 0 Å². The molecule has 0 atom stereocenters. The molecule has 10 nitrogen and oxygen atoms in total. The second-order valence-electron chi connectivity index (χ2n) is 6.06. The first-order valence-electron chi connectivity index (χ1n) is 8.53. The normalized spacial score (nSPS) is 10.0. The molecule has 3 N–H and O–H groups in total. The van der Waals surface area contributed by atoms with Crippen molar-refractivity contribution in [2.45, 2.75) is 13.8 Å². The number of benzene rings is 2. The predicted octanol–water partition coefficient (Wildman–Crippen LogP) is 2.76. The Labute approximate surface area is 166 Å². The van der Waals surface area contributed by atoms with Gasteiger partial charge in [-0.1, -0.05) is 12.1 Å². The lowest BCUT2D eigenvalue weighted by atomic mass is 10.1. The number of hydrogen-bond donors (Lipinski definition) is 3. The van der Waals surface area contributed by atoms with E-state index in [1.807, 2.05) is 19.9 Å². The second kappa shape index (κ2) is 9.31. The average Bonchev–Trinajstić information content (AvgIpc) is 2.69. The van der Waals surface area contributed by atoms with Gasteiger partial charge in [-0.3, -0.25) is 20.2 Å². The molecule has 29 heavy (non-hydrogen) atoms. The zero-order valence-corrected chi connectivity index (χ0v) is 16.1. The number of nitro benzene ring substituents is 1. The molecule has 3 amide bonds. The summed E-state index contributed by atoms with van der Waals surface area (Å²) in [6.45, 7) is 2.98. The quantitative estimate of drug-likeness (QED) is 0.385. The van der Waals surface area contributed by atoms with E-state index in [1.54, 1.807) is 12.1 Å². The first-order valence-corrected chi connectivity index (χ1v) is 8.53. The van der Waals surface area contributed by atoms with Crippen LogP contribution in [0, 0.1) is 24.0 Å². The Hall–Kier alpha value is -3.95. The van der Waals surface area contributed by atoms with Gasteiger partial charge in [-0.2, -0.15) is 0 Å². The van der Waals surface area contributed by atoms with E-state index in [9.17, 15) is 24.5 Å². The van der Waals surface area contributed by atoms with Crippen molar-refractivity contribution in [3.63, 3.8) is 0 Å². The number of rotatable bonds is 6. The number of aryl methyl sites for hydroxylation is 1. The number of nitrogens with zero attached hydrogens (tertiary/aromatic N) is 1. The zero-order valence-electron chi connectivity index (χ0n) is 16.1. The van der Waals surface area contributed by atoms with Gasteiger partial charge in [-0.15, -0.1) is 0 Å². The van der Waals surface area contributed by atoms with Gasteiger partial charge in [0.2, 0.25) is 0 Å². The van der Waals surface area contributed by atoms with Crippen LogP contribution in [0.5, 0.6) is 0 Å². The summed E-state index contributed by atoms with van der Waals surface area (Å²) >= 11 is 0. The van der Waals surface area contributed by atoms with E-state index < -0.39 is 29.4 Å². The SMILES string of the molecule is CNc1ccc([N+](=O)[O-])cc1C(=O)OCC(=O)NC(=O)Nc1cccc(C)c1C. The number of nitro groups is 1. The topological polar surface area (TPSA) is 140 Å². The van der Waals surface area contributed by atoms with Crippen molar-refractivity contribution in [2.75, 3.05) is 24.3 Å². The van der Waals surface area contributed by atoms with Gasteiger partial charge in [0.05, 0.1) is 10.5 Å². The summed E-state index contributed by atoms with van der Waals surface area (Å²) in [5.41, 5.74) is 2.27. The number of ether oxygens (including phenoxy) is 1. The van der Waals surface area contributed by atoms with Crippen molar-refractivity contribution >= 4 is 35.0 Å². The molecule has 2 aromatic carbocycles. The van der Waals surface area contributed by atoms with Gasteiger partial charge in [0, 0.05) is 30.6 Å². The van der Waals surface area contributed by atoms with Crippen LogP contribution >= 0.6 is 0 Å². The minimum Gasteiger partial charge on any atom is -0.452 e. The molecule has 2 rings (SSSR count). The second-order valence-corrected chi connectivity index (χ2v) is 6.06. The molecule has 0 unspecified atom stereocenters. The number of esters is 1. The molecular weight excluding hydrogens is 380 g/mol. The van der Waals surface area contributed by atoms with E-state index in [-0.39, 0.29) is 11.3 Å². The van der Waals surface area contributed by atoms with Gasteiger partial charge in [-0.25, -0.2) is 9.59 Å². The summed E-state index contributed by atoms with van der Waals surface area (Å²) < 4.78 is 4.87. The summed E-state index contributed by atoms with van der Waals surface area (Å²) in [4.78, 5) is 46.3. The highest BCUT2D eigenvalue weighted by Gasteiger charge is 2.19. The smallest absolute Gasteiger partial charge is 0.341 e. The van der Waals surface area contributed by atoms with Gasteiger partial charge in [0.25, 0.3) is 11.6 Å². The summed E-state index contributed by atoms with van der Waals surface area (Å²) in [5, 5.41) is 18.2. The molecule has 152 valence electrons. The third kappa shape index (κ3) is 5.51. The molecule has 0 radical (unpaired) electrons. The van der Waals surface area contributed by atoms with Gasteiger partial charge in [0.15, 0.2) is 6.61 Å². The first-order chi connectivity index (χ1) is 13.7. The van der Waals surface area contributed by atoms with E-state index in [4.69, 9.17) is 4.74 Å². The minimum absolute atomic E-state index is 0.102. The number of carbonyl (C=O) groups excluding carboxylic acids is 3. The van der Waals surface area contributed by atoms with E-state index in [0.29, 0.717) is 11.4 Å². The van der Waals surface area contributed by atoms with Crippen LogP contribution in [-0.2, 0) is 9.53 Å². The minimum atomic E-state index is -0.942. The van der Waals surface area contributed by atoms with Crippen LogP contribution in [0.15, 0.2) is 36.4 Å². The third-order valence-electron chi connectivity index (χ3n) is 4.14. The number of amides is 3. The van der Waals surface area contributed by atoms with E-state index in [0.717, 1.165) is 17.2 Å². The Morgan fingerprint density at radius 2 is 1.83 bits per heavy atom. The van der Waals surface area contributed by atoms with Crippen LogP contribution in [0.1, 0.15) is 21.5 Å². The Morgan fingerprint density at radius 1 is 1.10 bits per heavy atom. The highest BCUT2D eigenvalue weighted by Crippen LogP contribution is 2.22. The Bertz CT molecular complexity index is 973. The zero-order chi connectivity index (χ0) is 21.6. The van der Waals surface area contributed by atoms with Crippen LogP contribution in [0.2, 0.25) is 0 Å². The molecule has 10 heteroatoms. The summed E-state index contributed by atoms with van der Waals surface area (Å²) in [6, 6.07) is 8.19. The fourth-order valence-electron chi connectivity index (χ4n) is 2.44. The van der Waals surface area contributed by atoms with Crippen LogP contribution in [0.25, 0.3) is 0 Å². The van der Waals surface area contributed by atoms with Crippen molar-refractivity contribution in [1.82, 2.24) is 5.32 Å². The third-order valence-corrected chi connectivity index (χ3v) is 4.14. The van der Waals surface area contributed by atoms with Crippen molar-refractivity contribution in [3.05, 3.63) is 63.2 Å². The Morgan fingerprint density at radius 3 is 2.48 bits per heavy atom. The molecule has 0 aliphatic heterocycles. The number of non-ortho nitro benzene ring substituents is 1. The Kier molecular flexibility index (Phi) is 6.85. The predicted molar refractivity (Wildman–Crippen MR) is 106 cm³/mol. The lowest BCUT2D eigenvalue weighted by Crippen LogP contribution is -2.37. The van der Waals surface area contributed by atoms with Gasteiger partial charge in [-0.05, 0) is 37.1 Å². The summed E-state index contributed by atoms with van der Waals surface area (Å²) in [6.07, 6.45) is 0. The molecule has 2 aromatic rings. The number of nitrogens with one attached hydrogen (secondary N) is 3. The van der Waals surface area contributed by atoms with Crippen molar-refractivity contribution < 1.29 is 24.0 Å². The van der Waals surface area contributed by atoms with Gasteiger partial charge < -0.3 is 15.4 Å². The fraction of sp³-hybridized carbons (Fsp3) is 0.211. The molecule has 0 spiro atoms. The van der Waals surface area contributed by atoms with Gasteiger partial charge >= 0.3 is 12.0 Å². The summed E-state index contributed by atoms with van der Waals surface area (Å²) in [7, 11) is 1.53. The average molecular weight is 400 g/mol. The standard InChI is InChI=1S/C19H20N4O6/c1-11-5-4-6-15(12(11)2)21-19(26)22-17(24)10-29-18(25)14-9-13(23(27)28)7-8-16(14)20-3/h4-9,20H,10H2,1-3H3,(H2,21,22,24,26). The molecule has 0 aromatic heterocycles. The van der Waals surface area contributed by atoms with Crippen molar-refractivity contribution in [2.24, 2.45) is 0 Å².